The summed E-state index contributed by atoms with van der Waals surface area (Å²) in [6.45, 7) is 1.48. The van der Waals surface area contributed by atoms with Crippen molar-refractivity contribution < 1.29 is 14.6 Å². The van der Waals surface area contributed by atoms with Crippen molar-refractivity contribution in [3.8, 4) is 0 Å². The van der Waals surface area contributed by atoms with Crippen LogP contribution >= 0.6 is 0 Å². The molecule has 2 atom stereocenters. The molecule has 1 aliphatic rings. The molecule has 1 aliphatic carbocycles. The molecule has 0 bridgehead atoms. The molecule has 4 heteroatoms. The van der Waals surface area contributed by atoms with Gasteiger partial charge in [0.1, 0.15) is 12.1 Å². The largest absolute Gasteiger partial charge is 0.461 e. The lowest BCUT2D eigenvalue weighted by Crippen LogP contribution is -2.43. The molecule has 0 aliphatic heterocycles. The van der Waals surface area contributed by atoms with Gasteiger partial charge in [-0.3, -0.25) is 4.79 Å². The summed E-state index contributed by atoms with van der Waals surface area (Å²) < 4.78 is 4.99. The van der Waals surface area contributed by atoms with Gasteiger partial charge in [-0.2, -0.15) is 0 Å². The lowest BCUT2D eigenvalue weighted by atomic mass is 9.96. The van der Waals surface area contributed by atoms with Crippen LogP contribution in [-0.4, -0.2) is 29.3 Å². The minimum Gasteiger partial charge on any atom is -0.461 e. The molecule has 0 spiro atoms. The molecule has 12 heavy (non-hydrogen) atoms. The van der Waals surface area contributed by atoms with Gasteiger partial charge in [0.15, 0.2) is 0 Å². The fourth-order valence-corrected chi connectivity index (χ4v) is 0.928. The maximum atomic E-state index is 11.1. The smallest absolute Gasteiger partial charge is 0.325 e. The average Bonchev–Trinajstić information content (AvgIpc) is 1.94. The monoisotopic (exact) mass is 173 g/mol. The number of aliphatic hydroxyl groups excluding tert-OH is 1. The summed E-state index contributed by atoms with van der Waals surface area (Å²) in [5.74, 6) is -0.491. The predicted molar refractivity (Wildman–Crippen MR) is 43.4 cm³/mol. The van der Waals surface area contributed by atoms with Crippen molar-refractivity contribution in [3.05, 3.63) is 0 Å². The molecule has 1 fully saturated rings. The summed E-state index contributed by atoms with van der Waals surface area (Å²) in [5.41, 5.74) is 5.36. The van der Waals surface area contributed by atoms with E-state index >= 15 is 0 Å². The molecular weight excluding hydrogens is 158 g/mol. The van der Waals surface area contributed by atoms with Crippen molar-refractivity contribution in [2.24, 2.45) is 5.73 Å². The van der Waals surface area contributed by atoms with E-state index in [1.54, 1.807) is 0 Å². The Morgan fingerprint density at radius 3 is 2.58 bits per heavy atom. The number of esters is 1. The van der Waals surface area contributed by atoms with E-state index in [4.69, 9.17) is 15.6 Å². The number of aliphatic hydroxyl groups is 1. The zero-order chi connectivity index (χ0) is 9.14. The van der Waals surface area contributed by atoms with Gasteiger partial charge in [-0.25, -0.2) is 0 Å². The zero-order valence-corrected chi connectivity index (χ0v) is 7.19. The van der Waals surface area contributed by atoms with Gasteiger partial charge >= 0.3 is 5.97 Å². The first kappa shape index (κ1) is 9.48. The van der Waals surface area contributed by atoms with Crippen LogP contribution in [0.25, 0.3) is 0 Å². The van der Waals surface area contributed by atoms with E-state index in [0.717, 1.165) is 19.3 Å². The van der Waals surface area contributed by atoms with Crippen molar-refractivity contribution in [3.63, 3.8) is 0 Å². The van der Waals surface area contributed by atoms with E-state index in [-0.39, 0.29) is 6.10 Å². The Hall–Kier alpha value is -0.610. The van der Waals surface area contributed by atoms with Gasteiger partial charge in [0.25, 0.3) is 0 Å². The Kier molecular flexibility index (Phi) is 3.05. The zero-order valence-electron chi connectivity index (χ0n) is 7.19. The Bertz CT molecular complexity index is 166. The van der Waals surface area contributed by atoms with Crippen LogP contribution in [0.3, 0.4) is 0 Å². The number of ether oxygens (including phenoxy) is 1. The van der Waals surface area contributed by atoms with Crippen molar-refractivity contribution in [1.82, 2.24) is 0 Å². The first-order valence-electron chi connectivity index (χ1n) is 4.25. The first-order chi connectivity index (χ1) is 5.61. The van der Waals surface area contributed by atoms with Crippen molar-refractivity contribution >= 4 is 5.97 Å². The van der Waals surface area contributed by atoms with E-state index in [2.05, 4.69) is 0 Å². The average molecular weight is 173 g/mol. The second-order valence-electron chi connectivity index (χ2n) is 3.26. The second kappa shape index (κ2) is 3.87. The molecule has 1 rings (SSSR count). The summed E-state index contributed by atoms with van der Waals surface area (Å²) in [5, 5.41) is 8.97. The minimum absolute atomic E-state index is 0.0438. The molecule has 70 valence electrons. The summed E-state index contributed by atoms with van der Waals surface area (Å²) in [4.78, 5) is 11.1. The standard InChI is InChI=1S/C8H15NO3/c1-5(10)7(9)8(11)12-6-3-2-4-6/h5-7,10H,2-4,9H2,1H3/t5-,7+/m1/s1. The van der Waals surface area contributed by atoms with Crippen LogP contribution < -0.4 is 5.73 Å². The maximum absolute atomic E-state index is 11.1. The summed E-state index contributed by atoms with van der Waals surface area (Å²) in [6, 6.07) is -0.898. The normalized spacial score (nSPS) is 22.6. The molecule has 0 heterocycles. The summed E-state index contributed by atoms with van der Waals surface area (Å²) >= 11 is 0. The second-order valence-corrected chi connectivity index (χ2v) is 3.26. The Morgan fingerprint density at radius 2 is 2.25 bits per heavy atom. The number of carbonyl (C=O) groups excluding carboxylic acids is 1. The van der Waals surface area contributed by atoms with Crippen LogP contribution in [0, 0.1) is 0 Å². The van der Waals surface area contributed by atoms with Crippen LogP contribution in [0.4, 0.5) is 0 Å². The third-order valence-electron chi connectivity index (χ3n) is 2.13. The summed E-state index contributed by atoms with van der Waals surface area (Å²) in [7, 11) is 0. The Balaban J connectivity index is 2.26. The molecule has 0 aromatic rings. The lowest BCUT2D eigenvalue weighted by molar-refractivity contribution is -0.156. The van der Waals surface area contributed by atoms with Gasteiger partial charge < -0.3 is 15.6 Å². The lowest BCUT2D eigenvalue weighted by Gasteiger charge is -2.27. The van der Waals surface area contributed by atoms with E-state index in [1.165, 1.54) is 6.92 Å². The number of nitrogens with two attached hydrogens (primary N) is 1. The van der Waals surface area contributed by atoms with Gasteiger partial charge in [0.05, 0.1) is 6.10 Å². The van der Waals surface area contributed by atoms with Crippen LogP contribution in [0.2, 0.25) is 0 Å². The molecule has 0 saturated heterocycles. The quantitative estimate of drug-likeness (QED) is 0.579. The van der Waals surface area contributed by atoms with Crippen LogP contribution in [-0.2, 0) is 9.53 Å². The number of carbonyl (C=O) groups is 1. The molecule has 4 nitrogen and oxygen atoms in total. The molecule has 1 saturated carbocycles. The highest BCUT2D eigenvalue weighted by atomic mass is 16.5. The van der Waals surface area contributed by atoms with Gasteiger partial charge in [0, 0.05) is 0 Å². The van der Waals surface area contributed by atoms with E-state index in [9.17, 15) is 4.79 Å². The van der Waals surface area contributed by atoms with Gasteiger partial charge in [0.2, 0.25) is 0 Å². The molecule has 0 amide bonds. The molecular formula is C8H15NO3. The predicted octanol–water partition coefficient (Wildman–Crippen LogP) is -0.210. The summed E-state index contributed by atoms with van der Waals surface area (Å²) in [6.07, 6.45) is 2.18. The fraction of sp³-hybridized carbons (Fsp3) is 0.875. The number of hydrogen-bond acceptors (Lipinski definition) is 4. The van der Waals surface area contributed by atoms with Crippen molar-refractivity contribution in [1.29, 1.82) is 0 Å². The van der Waals surface area contributed by atoms with Gasteiger partial charge in [-0.1, -0.05) is 0 Å². The SMILES string of the molecule is C[C@@H](O)[C@H](N)C(=O)OC1CCC1. The topological polar surface area (TPSA) is 72.5 Å². The van der Waals surface area contributed by atoms with Gasteiger partial charge in [-0.15, -0.1) is 0 Å². The maximum Gasteiger partial charge on any atom is 0.325 e. The molecule has 0 aromatic heterocycles. The van der Waals surface area contributed by atoms with Crippen LogP contribution in [0.15, 0.2) is 0 Å². The van der Waals surface area contributed by atoms with Gasteiger partial charge in [-0.05, 0) is 26.2 Å². The van der Waals surface area contributed by atoms with Crippen molar-refractivity contribution in [2.45, 2.75) is 44.4 Å². The van der Waals surface area contributed by atoms with E-state index < -0.39 is 18.1 Å². The minimum atomic E-state index is -0.898. The van der Waals surface area contributed by atoms with E-state index in [0.29, 0.717) is 0 Å². The molecule has 0 aromatic carbocycles. The molecule has 0 unspecified atom stereocenters. The van der Waals surface area contributed by atoms with Crippen LogP contribution in [0.5, 0.6) is 0 Å². The Labute approximate surface area is 71.7 Å². The Morgan fingerprint density at radius 1 is 1.67 bits per heavy atom. The van der Waals surface area contributed by atoms with E-state index in [1.807, 2.05) is 0 Å². The highest BCUT2D eigenvalue weighted by Crippen LogP contribution is 2.22. The molecule has 0 radical (unpaired) electrons. The highest BCUT2D eigenvalue weighted by molar-refractivity contribution is 5.76. The van der Waals surface area contributed by atoms with Crippen molar-refractivity contribution in [2.75, 3.05) is 0 Å². The van der Waals surface area contributed by atoms with Crippen LogP contribution in [0.1, 0.15) is 26.2 Å². The molecule has 3 N–H and O–H groups in total. The highest BCUT2D eigenvalue weighted by Gasteiger charge is 2.26. The first-order valence-corrected chi connectivity index (χ1v) is 4.25. The fourth-order valence-electron chi connectivity index (χ4n) is 0.928. The third-order valence-corrected chi connectivity index (χ3v) is 2.13. The number of hydrogen-bond donors (Lipinski definition) is 2. The number of rotatable bonds is 3. The third kappa shape index (κ3) is 2.19.